The summed E-state index contributed by atoms with van der Waals surface area (Å²) in [5.74, 6) is 0. The average Bonchev–Trinajstić information content (AvgIpc) is 2.90. The van der Waals surface area contributed by atoms with Crippen molar-refractivity contribution in [3.8, 4) is 0 Å². The molecule has 0 saturated heterocycles. The minimum Gasteiger partial charge on any atom is -0.382 e. The topological polar surface area (TPSA) is 76.7 Å². The van der Waals surface area contributed by atoms with E-state index in [4.69, 9.17) is 9.47 Å². The predicted octanol–water partition coefficient (Wildman–Crippen LogP) is 0.797. The summed E-state index contributed by atoms with van der Waals surface area (Å²) in [6, 6.07) is 1.62. The lowest BCUT2D eigenvalue weighted by molar-refractivity contribution is 0.0320. The molecule has 0 spiro atoms. The summed E-state index contributed by atoms with van der Waals surface area (Å²) in [6.45, 7) is 3.85. The average molecular weight is 322 g/mol. The Kier molecular flexibility index (Phi) is 7.63. The molecule has 0 aliphatic heterocycles. The second-order valence-corrected chi connectivity index (χ2v) is 6.89. The molecule has 1 aromatic rings. The molecule has 6 nitrogen and oxygen atoms in total. The molecule has 0 aromatic carbocycles. The van der Waals surface area contributed by atoms with E-state index < -0.39 is 10.0 Å². The Bertz CT molecular complexity index is 487. The second-order valence-electron chi connectivity index (χ2n) is 4.15. The summed E-state index contributed by atoms with van der Waals surface area (Å²) < 4.78 is 37.2. The van der Waals surface area contributed by atoms with Crippen molar-refractivity contribution in [3.63, 3.8) is 0 Å². The molecule has 0 aliphatic carbocycles. The number of rotatable bonds is 10. The van der Waals surface area contributed by atoms with Crippen molar-refractivity contribution in [2.24, 2.45) is 0 Å². The highest BCUT2D eigenvalue weighted by Crippen LogP contribution is 2.21. The van der Waals surface area contributed by atoms with E-state index >= 15 is 0 Å². The lowest BCUT2D eigenvalue weighted by Crippen LogP contribution is -2.35. The third kappa shape index (κ3) is 5.12. The molecule has 0 fully saturated rings. The zero-order chi connectivity index (χ0) is 15.0. The van der Waals surface area contributed by atoms with Crippen molar-refractivity contribution in [1.29, 1.82) is 0 Å². The molecule has 1 heterocycles. The van der Waals surface area contributed by atoms with Crippen LogP contribution in [0.3, 0.4) is 0 Å². The van der Waals surface area contributed by atoms with Crippen molar-refractivity contribution >= 4 is 21.4 Å². The summed E-state index contributed by atoms with van der Waals surface area (Å²) in [5, 5.41) is 4.91. The Balaban J connectivity index is 2.71. The molecular formula is C12H22N2O4S2. The lowest BCUT2D eigenvalue weighted by atomic mass is 10.4. The van der Waals surface area contributed by atoms with Gasteiger partial charge in [0.05, 0.1) is 17.6 Å². The molecule has 0 saturated carbocycles. The molecule has 1 rings (SSSR count). The molecule has 2 N–H and O–H groups in total. The smallest absolute Gasteiger partial charge is 0.241 e. The number of ether oxygens (including phenoxy) is 2. The van der Waals surface area contributed by atoms with Crippen LogP contribution >= 0.6 is 11.3 Å². The van der Waals surface area contributed by atoms with Gasteiger partial charge >= 0.3 is 0 Å². The third-order valence-electron chi connectivity index (χ3n) is 2.72. The van der Waals surface area contributed by atoms with Gasteiger partial charge in [0.1, 0.15) is 0 Å². The summed E-state index contributed by atoms with van der Waals surface area (Å²) in [6.07, 6.45) is -0.300. The van der Waals surface area contributed by atoms with Gasteiger partial charge in [0.25, 0.3) is 0 Å². The molecule has 0 radical (unpaired) electrons. The normalized spacial score (nSPS) is 13.6. The van der Waals surface area contributed by atoms with Crippen molar-refractivity contribution in [2.45, 2.75) is 24.5 Å². The third-order valence-corrected chi connectivity index (χ3v) is 5.27. The van der Waals surface area contributed by atoms with Crippen LogP contribution in [0.2, 0.25) is 0 Å². The number of thiophene rings is 1. The molecule has 116 valence electrons. The maximum atomic E-state index is 12.3. The molecule has 8 heteroatoms. The van der Waals surface area contributed by atoms with Crippen LogP contribution in [0, 0.1) is 0 Å². The van der Waals surface area contributed by atoms with Gasteiger partial charge in [0.15, 0.2) is 0 Å². The SMILES string of the molecule is CCNCc1sccc1S(=O)(=O)NCC(COC)OC. The largest absolute Gasteiger partial charge is 0.382 e. The molecule has 0 bridgehead atoms. The lowest BCUT2D eigenvalue weighted by Gasteiger charge is -2.15. The monoisotopic (exact) mass is 322 g/mol. The van der Waals surface area contributed by atoms with Crippen LogP contribution in [0.25, 0.3) is 0 Å². The van der Waals surface area contributed by atoms with Crippen molar-refractivity contribution in [2.75, 3.05) is 33.9 Å². The summed E-state index contributed by atoms with van der Waals surface area (Å²) >= 11 is 1.43. The fourth-order valence-electron chi connectivity index (χ4n) is 1.61. The van der Waals surface area contributed by atoms with Crippen LogP contribution in [0.4, 0.5) is 0 Å². The molecule has 1 aromatic heterocycles. The van der Waals surface area contributed by atoms with Crippen molar-refractivity contribution in [1.82, 2.24) is 10.0 Å². The second kappa shape index (κ2) is 8.71. The van der Waals surface area contributed by atoms with Gasteiger partial charge in [-0.2, -0.15) is 0 Å². The highest BCUT2D eigenvalue weighted by molar-refractivity contribution is 7.89. The minimum absolute atomic E-state index is 0.184. The van der Waals surface area contributed by atoms with E-state index in [1.807, 2.05) is 6.92 Å². The fourth-order valence-corrected chi connectivity index (χ4v) is 4.09. The zero-order valence-corrected chi connectivity index (χ0v) is 13.6. The van der Waals surface area contributed by atoms with Gasteiger partial charge in [-0.25, -0.2) is 13.1 Å². The van der Waals surface area contributed by atoms with E-state index in [2.05, 4.69) is 10.0 Å². The van der Waals surface area contributed by atoms with Gasteiger partial charge in [-0.1, -0.05) is 6.92 Å². The quantitative estimate of drug-likeness (QED) is 0.666. The van der Waals surface area contributed by atoms with Crippen LogP contribution < -0.4 is 10.0 Å². The standard InChI is InChI=1S/C12H22N2O4S2/c1-4-13-8-11-12(5-6-19-11)20(15,16)14-7-10(18-3)9-17-2/h5-6,10,13-14H,4,7-9H2,1-3H3. The first-order valence-corrected chi connectivity index (χ1v) is 8.69. The van der Waals surface area contributed by atoms with Crippen molar-refractivity contribution < 1.29 is 17.9 Å². The molecular weight excluding hydrogens is 300 g/mol. The number of nitrogens with one attached hydrogen (secondary N) is 2. The summed E-state index contributed by atoms with van der Waals surface area (Å²) in [4.78, 5) is 1.13. The maximum absolute atomic E-state index is 12.3. The van der Waals surface area contributed by atoms with E-state index in [1.54, 1.807) is 18.6 Å². The van der Waals surface area contributed by atoms with E-state index in [0.717, 1.165) is 11.4 Å². The van der Waals surface area contributed by atoms with E-state index in [1.165, 1.54) is 18.4 Å². The molecule has 1 atom stereocenters. The Hall–Kier alpha value is -0.510. The van der Waals surface area contributed by atoms with E-state index in [0.29, 0.717) is 18.0 Å². The molecule has 20 heavy (non-hydrogen) atoms. The zero-order valence-electron chi connectivity index (χ0n) is 12.0. The van der Waals surface area contributed by atoms with Crippen LogP contribution in [-0.4, -0.2) is 48.4 Å². The van der Waals surface area contributed by atoms with Crippen LogP contribution in [-0.2, 0) is 26.0 Å². The van der Waals surface area contributed by atoms with Crippen LogP contribution in [0.15, 0.2) is 16.3 Å². The Labute approximate surface area is 124 Å². The van der Waals surface area contributed by atoms with Gasteiger partial charge in [0, 0.05) is 32.2 Å². The predicted molar refractivity (Wildman–Crippen MR) is 79.6 cm³/mol. The summed E-state index contributed by atoms with van der Waals surface area (Å²) in [5.41, 5.74) is 0. The van der Waals surface area contributed by atoms with Crippen LogP contribution in [0.1, 0.15) is 11.8 Å². The molecule has 0 aliphatic rings. The first kappa shape index (κ1) is 17.5. The van der Waals surface area contributed by atoms with Gasteiger partial charge in [0.2, 0.25) is 10.0 Å². The van der Waals surface area contributed by atoms with Gasteiger partial charge in [-0.05, 0) is 18.0 Å². The fraction of sp³-hybridized carbons (Fsp3) is 0.667. The van der Waals surface area contributed by atoms with Gasteiger partial charge in [-0.3, -0.25) is 0 Å². The highest BCUT2D eigenvalue weighted by Gasteiger charge is 2.21. The minimum atomic E-state index is -3.52. The first-order valence-electron chi connectivity index (χ1n) is 6.33. The van der Waals surface area contributed by atoms with Gasteiger partial charge < -0.3 is 14.8 Å². The van der Waals surface area contributed by atoms with Crippen LogP contribution in [0.5, 0.6) is 0 Å². The Morgan fingerprint density at radius 1 is 1.40 bits per heavy atom. The number of hydrogen-bond acceptors (Lipinski definition) is 6. The molecule has 1 unspecified atom stereocenters. The summed E-state index contributed by atoms with van der Waals surface area (Å²) in [7, 11) is -0.440. The maximum Gasteiger partial charge on any atom is 0.241 e. The number of hydrogen-bond donors (Lipinski definition) is 2. The molecule has 0 amide bonds. The van der Waals surface area contributed by atoms with E-state index in [9.17, 15) is 8.42 Å². The highest BCUT2D eigenvalue weighted by atomic mass is 32.2. The Morgan fingerprint density at radius 3 is 2.75 bits per heavy atom. The van der Waals surface area contributed by atoms with E-state index in [-0.39, 0.29) is 12.6 Å². The van der Waals surface area contributed by atoms with Gasteiger partial charge in [-0.15, -0.1) is 11.3 Å². The first-order chi connectivity index (χ1) is 9.55. The van der Waals surface area contributed by atoms with Crippen molar-refractivity contribution in [3.05, 3.63) is 16.3 Å². The number of methoxy groups -OCH3 is 2. The number of sulfonamides is 1. The Morgan fingerprint density at radius 2 is 2.15 bits per heavy atom.